The third kappa shape index (κ3) is 4.17. The molecular weight excluding hydrogens is 463 g/mol. The fourth-order valence-corrected chi connectivity index (χ4v) is 4.15. The molecule has 0 unspecified atom stereocenters. The Bertz CT molecular complexity index is 1080. The van der Waals surface area contributed by atoms with E-state index >= 15 is 0 Å². The van der Waals surface area contributed by atoms with Gasteiger partial charge >= 0.3 is 6.18 Å². The van der Waals surface area contributed by atoms with Gasteiger partial charge in [-0.15, -0.1) is 0 Å². The van der Waals surface area contributed by atoms with Crippen molar-refractivity contribution in [3.63, 3.8) is 0 Å². The Kier molecular flexibility index (Phi) is 5.75. The number of benzene rings is 2. The van der Waals surface area contributed by atoms with Gasteiger partial charge in [0.25, 0.3) is 5.91 Å². The summed E-state index contributed by atoms with van der Waals surface area (Å²) in [6, 6.07) is 11.6. The number of hydrogen-bond donors (Lipinski definition) is 2. The molecule has 158 valence electrons. The van der Waals surface area contributed by atoms with Gasteiger partial charge in [0.1, 0.15) is 5.69 Å². The van der Waals surface area contributed by atoms with Crippen molar-refractivity contribution in [3.05, 3.63) is 63.8 Å². The van der Waals surface area contributed by atoms with Crippen LogP contribution in [0.15, 0.2) is 46.9 Å². The number of anilines is 1. The second kappa shape index (κ2) is 8.31. The average Bonchev–Trinajstić information content (AvgIpc) is 3.09. The molecule has 3 aromatic rings. The first kappa shape index (κ1) is 20.7. The van der Waals surface area contributed by atoms with Gasteiger partial charge in [0.15, 0.2) is 0 Å². The molecule has 0 spiro atoms. The predicted octanol–water partition coefficient (Wildman–Crippen LogP) is 4.72. The van der Waals surface area contributed by atoms with E-state index in [1.165, 1.54) is 6.07 Å². The Hall–Kier alpha value is -2.52. The van der Waals surface area contributed by atoms with Gasteiger partial charge in [-0.1, -0.05) is 24.3 Å². The van der Waals surface area contributed by atoms with Crippen molar-refractivity contribution in [3.8, 4) is 0 Å². The molecule has 1 amide bonds. The smallest absolute Gasteiger partial charge is 0.378 e. The van der Waals surface area contributed by atoms with E-state index in [-0.39, 0.29) is 17.8 Å². The average molecular weight is 482 g/mol. The molecule has 0 saturated carbocycles. The number of H-pyrrole nitrogens is 1. The van der Waals surface area contributed by atoms with E-state index in [9.17, 15) is 18.0 Å². The van der Waals surface area contributed by atoms with Crippen LogP contribution in [0.25, 0.3) is 10.9 Å². The first-order valence-electron chi connectivity index (χ1n) is 9.42. The molecule has 0 atom stereocenters. The zero-order chi connectivity index (χ0) is 21.3. The van der Waals surface area contributed by atoms with Crippen molar-refractivity contribution < 1.29 is 22.7 Å². The highest BCUT2D eigenvalue weighted by Crippen LogP contribution is 2.35. The van der Waals surface area contributed by atoms with Crippen LogP contribution in [0.2, 0.25) is 0 Å². The van der Waals surface area contributed by atoms with Gasteiger partial charge in [-0.05, 0) is 39.7 Å². The van der Waals surface area contributed by atoms with Gasteiger partial charge in [-0.2, -0.15) is 13.2 Å². The lowest BCUT2D eigenvalue weighted by atomic mass is 10.0. The molecule has 1 aliphatic heterocycles. The summed E-state index contributed by atoms with van der Waals surface area (Å²) in [5, 5.41) is 3.42. The van der Waals surface area contributed by atoms with Crippen molar-refractivity contribution in [2.45, 2.75) is 12.7 Å². The zero-order valence-electron chi connectivity index (χ0n) is 15.9. The third-order valence-electron chi connectivity index (χ3n) is 5.08. The normalized spacial score (nSPS) is 14.9. The van der Waals surface area contributed by atoms with E-state index < -0.39 is 17.6 Å². The maximum absolute atomic E-state index is 13.7. The highest BCUT2D eigenvalue weighted by Gasteiger charge is 2.34. The van der Waals surface area contributed by atoms with Crippen LogP contribution in [-0.4, -0.2) is 37.2 Å². The number of hydrogen-bond acceptors (Lipinski definition) is 3. The number of carbonyl (C=O) groups is 1. The van der Waals surface area contributed by atoms with Crippen LogP contribution in [0.3, 0.4) is 0 Å². The van der Waals surface area contributed by atoms with Crippen molar-refractivity contribution >= 4 is 38.4 Å². The topological polar surface area (TPSA) is 57.4 Å². The minimum Gasteiger partial charge on any atom is -0.378 e. The Morgan fingerprint density at radius 1 is 1.17 bits per heavy atom. The number of amides is 1. The molecule has 1 aliphatic rings. The van der Waals surface area contributed by atoms with Crippen LogP contribution < -0.4 is 10.2 Å². The molecule has 30 heavy (non-hydrogen) atoms. The summed E-state index contributed by atoms with van der Waals surface area (Å²) in [5.41, 5.74) is 0.803. The van der Waals surface area contributed by atoms with Gasteiger partial charge in [0, 0.05) is 36.2 Å². The molecule has 0 bridgehead atoms. The molecule has 1 saturated heterocycles. The number of aromatic nitrogens is 1. The molecule has 2 N–H and O–H groups in total. The van der Waals surface area contributed by atoms with E-state index in [2.05, 4.69) is 26.2 Å². The van der Waals surface area contributed by atoms with Crippen LogP contribution in [0.5, 0.6) is 0 Å². The first-order valence-corrected chi connectivity index (χ1v) is 10.2. The summed E-state index contributed by atoms with van der Waals surface area (Å²) < 4.78 is 46.9. The standard InChI is InChI=1S/C21H19BrF3N3O2/c22-18-15-3-1-2-4-17(15)27-19(18)20(29)26-12-13-5-6-14(11-16(13)21(23,24)25)28-7-9-30-10-8-28/h1-6,11,27H,7-10,12H2,(H,26,29). The second-order valence-corrected chi connectivity index (χ2v) is 7.77. The summed E-state index contributed by atoms with van der Waals surface area (Å²) in [6.07, 6.45) is -4.52. The summed E-state index contributed by atoms with van der Waals surface area (Å²) in [7, 11) is 0. The maximum Gasteiger partial charge on any atom is 0.416 e. The minimum atomic E-state index is -4.52. The van der Waals surface area contributed by atoms with Crippen molar-refractivity contribution in [1.29, 1.82) is 0 Å². The second-order valence-electron chi connectivity index (χ2n) is 6.98. The number of para-hydroxylation sites is 1. The quantitative estimate of drug-likeness (QED) is 0.566. The largest absolute Gasteiger partial charge is 0.416 e. The third-order valence-corrected chi connectivity index (χ3v) is 5.91. The van der Waals surface area contributed by atoms with E-state index in [1.54, 1.807) is 6.07 Å². The van der Waals surface area contributed by atoms with E-state index in [4.69, 9.17) is 4.74 Å². The molecule has 0 radical (unpaired) electrons. The number of aromatic amines is 1. The van der Waals surface area contributed by atoms with Crippen molar-refractivity contribution in [1.82, 2.24) is 10.3 Å². The van der Waals surface area contributed by atoms with Crippen molar-refractivity contribution in [2.75, 3.05) is 31.2 Å². The monoisotopic (exact) mass is 481 g/mol. The molecule has 5 nitrogen and oxygen atoms in total. The van der Waals surface area contributed by atoms with Gasteiger partial charge in [-0.3, -0.25) is 4.79 Å². The van der Waals surface area contributed by atoms with Crippen LogP contribution in [0.4, 0.5) is 18.9 Å². The van der Waals surface area contributed by atoms with Gasteiger partial charge < -0.3 is 19.9 Å². The first-order chi connectivity index (χ1) is 14.3. The number of rotatable bonds is 4. The van der Waals surface area contributed by atoms with E-state index in [1.807, 2.05) is 29.2 Å². The fourth-order valence-electron chi connectivity index (χ4n) is 3.53. The SMILES string of the molecule is O=C(NCc1ccc(N2CCOCC2)cc1C(F)(F)F)c1[nH]c2ccccc2c1Br. The number of alkyl halides is 3. The van der Waals surface area contributed by atoms with Gasteiger partial charge in [0.2, 0.25) is 0 Å². The van der Waals surface area contributed by atoms with Crippen LogP contribution >= 0.6 is 15.9 Å². The summed E-state index contributed by atoms with van der Waals surface area (Å²) >= 11 is 3.39. The highest BCUT2D eigenvalue weighted by molar-refractivity contribution is 9.10. The van der Waals surface area contributed by atoms with Crippen LogP contribution in [0, 0.1) is 0 Å². The van der Waals surface area contributed by atoms with E-state index in [0.29, 0.717) is 36.5 Å². The summed E-state index contributed by atoms with van der Waals surface area (Å²) in [4.78, 5) is 17.5. The molecule has 0 aliphatic carbocycles. The van der Waals surface area contributed by atoms with Crippen LogP contribution in [-0.2, 0) is 17.5 Å². The molecule has 2 aromatic carbocycles. The Labute approximate surface area is 179 Å². The lowest BCUT2D eigenvalue weighted by Crippen LogP contribution is -2.36. The molecule has 1 fully saturated rings. The molecule has 4 rings (SSSR count). The number of nitrogens with zero attached hydrogens (tertiary/aromatic N) is 1. The van der Waals surface area contributed by atoms with Gasteiger partial charge in [-0.25, -0.2) is 0 Å². The fraction of sp³-hybridized carbons (Fsp3) is 0.286. The minimum absolute atomic E-state index is 0.0140. The van der Waals surface area contributed by atoms with Gasteiger partial charge in [0.05, 0.1) is 23.2 Å². The highest BCUT2D eigenvalue weighted by atomic mass is 79.9. The Morgan fingerprint density at radius 2 is 1.90 bits per heavy atom. The molecule has 9 heteroatoms. The Balaban J connectivity index is 1.55. The number of morpholine rings is 1. The number of nitrogens with one attached hydrogen (secondary N) is 2. The number of halogens is 4. The zero-order valence-corrected chi connectivity index (χ0v) is 17.4. The lowest BCUT2D eigenvalue weighted by Gasteiger charge is -2.29. The molecular formula is C21H19BrF3N3O2. The number of ether oxygens (including phenoxy) is 1. The number of carbonyl (C=O) groups excluding carboxylic acids is 1. The summed E-state index contributed by atoms with van der Waals surface area (Å²) in [5.74, 6) is -0.483. The summed E-state index contributed by atoms with van der Waals surface area (Å²) in [6.45, 7) is 1.82. The molecule has 2 heterocycles. The molecule has 1 aromatic heterocycles. The lowest BCUT2D eigenvalue weighted by molar-refractivity contribution is -0.138. The van der Waals surface area contributed by atoms with Crippen molar-refractivity contribution in [2.24, 2.45) is 0 Å². The predicted molar refractivity (Wildman–Crippen MR) is 112 cm³/mol. The van der Waals surface area contributed by atoms with Crippen LogP contribution in [0.1, 0.15) is 21.6 Å². The van der Waals surface area contributed by atoms with E-state index in [0.717, 1.165) is 17.0 Å². The maximum atomic E-state index is 13.7. The Morgan fingerprint density at radius 3 is 2.60 bits per heavy atom. The number of fused-ring (bicyclic) bond motifs is 1.